The van der Waals surface area contributed by atoms with Gasteiger partial charge in [0.2, 0.25) is 0 Å². The first kappa shape index (κ1) is 11.2. The average molecular weight is 220 g/mol. The van der Waals surface area contributed by atoms with Crippen molar-refractivity contribution in [2.24, 2.45) is 5.73 Å². The van der Waals surface area contributed by atoms with Crippen molar-refractivity contribution < 1.29 is 13.5 Å². The highest BCUT2D eigenvalue weighted by molar-refractivity contribution is 4.89. The molecule has 1 saturated heterocycles. The molecule has 0 spiro atoms. The van der Waals surface area contributed by atoms with Gasteiger partial charge < -0.3 is 10.5 Å². The third-order valence-corrected chi connectivity index (χ3v) is 3.43. The van der Waals surface area contributed by atoms with Crippen LogP contribution < -0.4 is 5.73 Å². The van der Waals surface area contributed by atoms with Crippen LogP contribution in [0.1, 0.15) is 25.7 Å². The van der Waals surface area contributed by atoms with Gasteiger partial charge in [0.25, 0.3) is 0 Å². The van der Waals surface area contributed by atoms with Gasteiger partial charge in [-0.25, -0.2) is 0 Å². The van der Waals surface area contributed by atoms with Crippen molar-refractivity contribution in [2.75, 3.05) is 13.1 Å². The van der Waals surface area contributed by atoms with Crippen LogP contribution in [0, 0.1) is 0 Å². The first-order valence-electron chi connectivity index (χ1n) is 5.58. The third kappa shape index (κ3) is 2.86. The largest absolute Gasteiger partial charge is 0.345 e. The van der Waals surface area contributed by atoms with Gasteiger partial charge in [-0.1, -0.05) is 0 Å². The van der Waals surface area contributed by atoms with Crippen molar-refractivity contribution in [2.45, 2.75) is 50.5 Å². The standard InChI is InChI=1S/C10H18F2N2O/c11-10(12)15-9-5-14(6-9)8-3-1-7(13)2-4-8/h7-10H,1-6,13H2. The normalized spacial score (nSPS) is 34.4. The molecule has 0 atom stereocenters. The van der Waals surface area contributed by atoms with Crippen LogP contribution in [0.5, 0.6) is 0 Å². The van der Waals surface area contributed by atoms with Crippen LogP contribution in [-0.2, 0) is 4.74 Å². The molecule has 15 heavy (non-hydrogen) atoms. The molecule has 0 aromatic carbocycles. The average Bonchev–Trinajstić information content (AvgIpc) is 2.12. The molecule has 2 rings (SSSR count). The molecule has 0 radical (unpaired) electrons. The van der Waals surface area contributed by atoms with Gasteiger partial charge in [-0.05, 0) is 25.7 Å². The fraction of sp³-hybridized carbons (Fsp3) is 1.00. The van der Waals surface area contributed by atoms with Crippen molar-refractivity contribution in [1.29, 1.82) is 0 Å². The van der Waals surface area contributed by atoms with E-state index in [1.165, 1.54) is 0 Å². The van der Waals surface area contributed by atoms with Crippen molar-refractivity contribution in [3.63, 3.8) is 0 Å². The van der Waals surface area contributed by atoms with Gasteiger partial charge in [0.15, 0.2) is 0 Å². The van der Waals surface area contributed by atoms with E-state index in [0.717, 1.165) is 25.7 Å². The van der Waals surface area contributed by atoms with Crippen molar-refractivity contribution >= 4 is 0 Å². The lowest BCUT2D eigenvalue weighted by Gasteiger charge is -2.45. The van der Waals surface area contributed by atoms with E-state index in [2.05, 4.69) is 9.64 Å². The van der Waals surface area contributed by atoms with Gasteiger partial charge in [0.05, 0.1) is 6.10 Å². The second-order valence-electron chi connectivity index (χ2n) is 4.54. The summed E-state index contributed by atoms with van der Waals surface area (Å²) in [5.74, 6) is 0. The number of halogens is 2. The van der Waals surface area contributed by atoms with E-state index in [0.29, 0.717) is 25.2 Å². The zero-order valence-electron chi connectivity index (χ0n) is 8.74. The molecule has 1 aliphatic heterocycles. The highest BCUT2D eigenvalue weighted by atomic mass is 19.3. The van der Waals surface area contributed by atoms with Gasteiger partial charge in [-0.3, -0.25) is 4.90 Å². The fourth-order valence-electron chi connectivity index (χ4n) is 2.47. The molecule has 1 heterocycles. The van der Waals surface area contributed by atoms with E-state index in [1.807, 2.05) is 0 Å². The van der Waals surface area contributed by atoms with Gasteiger partial charge in [-0.15, -0.1) is 0 Å². The lowest BCUT2D eigenvalue weighted by atomic mass is 9.89. The number of nitrogens with two attached hydrogens (primary N) is 1. The first-order chi connectivity index (χ1) is 7.15. The predicted molar refractivity (Wildman–Crippen MR) is 52.7 cm³/mol. The molecule has 0 aromatic rings. The van der Waals surface area contributed by atoms with Gasteiger partial charge in [0, 0.05) is 25.2 Å². The molecule has 1 aliphatic carbocycles. The summed E-state index contributed by atoms with van der Waals surface area (Å²) in [5, 5.41) is 0. The lowest BCUT2D eigenvalue weighted by molar-refractivity contribution is -0.201. The van der Waals surface area contributed by atoms with Crippen molar-refractivity contribution in [1.82, 2.24) is 4.90 Å². The maximum Gasteiger partial charge on any atom is 0.345 e. The molecule has 3 nitrogen and oxygen atoms in total. The molecule has 0 amide bonds. The van der Waals surface area contributed by atoms with Crippen LogP contribution in [-0.4, -0.2) is 42.8 Å². The summed E-state index contributed by atoms with van der Waals surface area (Å²) in [4.78, 5) is 2.24. The predicted octanol–water partition coefficient (Wildman–Crippen LogP) is 1.18. The molecule has 2 aliphatic rings. The zero-order chi connectivity index (χ0) is 10.8. The molecule has 0 unspecified atom stereocenters. The Labute approximate surface area is 88.6 Å². The summed E-state index contributed by atoms with van der Waals surface area (Å²) in [7, 11) is 0. The monoisotopic (exact) mass is 220 g/mol. The third-order valence-electron chi connectivity index (χ3n) is 3.43. The van der Waals surface area contributed by atoms with E-state index in [4.69, 9.17) is 5.73 Å². The van der Waals surface area contributed by atoms with Gasteiger partial charge in [0.1, 0.15) is 0 Å². The highest BCUT2D eigenvalue weighted by Crippen LogP contribution is 2.27. The quantitative estimate of drug-likeness (QED) is 0.776. The zero-order valence-corrected chi connectivity index (χ0v) is 8.74. The van der Waals surface area contributed by atoms with Crippen LogP contribution >= 0.6 is 0 Å². The summed E-state index contributed by atoms with van der Waals surface area (Å²) >= 11 is 0. The molecular weight excluding hydrogens is 202 g/mol. The Balaban J connectivity index is 1.66. The minimum atomic E-state index is -2.63. The first-order valence-corrected chi connectivity index (χ1v) is 5.58. The Morgan fingerprint density at radius 3 is 2.27 bits per heavy atom. The summed E-state index contributed by atoms with van der Waals surface area (Å²) < 4.78 is 28.2. The maximum atomic E-state index is 11.9. The molecule has 0 bridgehead atoms. The molecule has 0 aromatic heterocycles. The van der Waals surface area contributed by atoms with Crippen LogP contribution in [0.2, 0.25) is 0 Å². The molecule has 2 N–H and O–H groups in total. The lowest BCUT2D eigenvalue weighted by Crippen LogP contribution is -2.57. The SMILES string of the molecule is NC1CCC(N2CC(OC(F)F)C2)CC1. The van der Waals surface area contributed by atoms with E-state index in [-0.39, 0.29) is 6.10 Å². The highest BCUT2D eigenvalue weighted by Gasteiger charge is 2.35. The van der Waals surface area contributed by atoms with E-state index in [1.54, 1.807) is 0 Å². The Morgan fingerprint density at radius 1 is 1.13 bits per heavy atom. The van der Waals surface area contributed by atoms with Crippen LogP contribution in [0.4, 0.5) is 8.78 Å². The molecule has 2 fully saturated rings. The number of nitrogens with zero attached hydrogens (tertiary/aromatic N) is 1. The van der Waals surface area contributed by atoms with E-state index >= 15 is 0 Å². The number of rotatable bonds is 3. The number of ether oxygens (including phenoxy) is 1. The van der Waals surface area contributed by atoms with Crippen LogP contribution in [0.15, 0.2) is 0 Å². The summed E-state index contributed by atoms with van der Waals surface area (Å²) in [6, 6.07) is 0.887. The number of alkyl halides is 2. The van der Waals surface area contributed by atoms with Gasteiger partial charge in [-0.2, -0.15) is 8.78 Å². The number of hydrogen-bond donors (Lipinski definition) is 1. The van der Waals surface area contributed by atoms with Crippen molar-refractivity contribution in [3.8, 4) is 0 Å². The minimum absolute atomic E-state index is 0.263. The maximum absolute atomic E-state index is 11.9. The van der Waals surface area contributed by atoms with E-state index < -0.39 is 6.61 Å². The van der Waals surface area contributed by atoms with Crippen LogP contribution in [0.3, 0.4) is 0 Å². The Bertz CT molecular complexity index is 202. The number of hydrogen-bond acceptors (Lipinski definition) is 3. The minimum Gasteiger partial charge on any atom is -0.328 e. The topological polar surface area (TPSA) is 38.5 Å². The second kappa shape index (κ2) is 4.72. The molecule has 5 heteroatoms. The molecular formula is C10H18F2N2O. The summed E-state index contributed by atoms with van der Waals surface area (Å²) in [6.07, 6.45) is 4.05. The second-order valence-corrected chi connectivity index (χ2v) is 4.54. The number of likely N-dealkylation sites (tertiary alicyclic amines) is 1. The summed E-state index contributed by atoms with van der Waals surface area (Å²) in [5.41, 5.74) is 5.81. The Hall–Kier alpha value is -0.260. The smallest absolute Gasteiger partial charge is 0.328 e. The molecule has 88 valence electrons. The summed E-state index contributed by atoms with van der Waals surface area (Å²) in [6.45, 7) is -1.31. The Morgan fingerprint density at radius 2 is 1.73 bits per heavy atom. The Kier molecular flexibility index (Phi) is 3.53. The molecule has 1 saturated carbocycles. The van der Waals surface area contributed by atoms with Crippen molar-refractivity contribution in [3.05, 3.63) is 0 Å². The fourth-order valence-corrected chi connectivity index (χ4v) is 2.47. The van der Waals surface area contributed by atoms with E-state index in [9.17, 15) is 8.78 Å². The van der Waals surface area contributed by atoms with Gasteiger partial charge >= 0.3 is 6.61 Å². The van der Waals surface area contributed by atoms with Crippen LogP contribution in [0.25, 0.3) is 0 Å².